The summed E-state index contributed by atoms with van der Waals surface area (Å²) in [7, 11) is 0. The Morgan fingerprint density at radius 3 is 2.40 bits per heavy atom. The zero-order chi connectivity index (χ0) is 15.1. The van der Waals surface area contributed by atoms with E-state index in [0.717, 1.165) is 5.56 Å². The summed E-state index contributed by atoms with van der Waals surface area (Å²) >= 11 is 7.36. The number of carbonyl (C=O) groups excluding carboxylic acids is 1. The molecular weight excluding hydrogens is 296 g/mol. The van der Waals surface area contributed by atoms with Gasteiger partial charge in [0, 0.05) is 16.3 Å². The molecule has 3 atom stereocenters. The van der Waals surface area contributed by atoms with Crippen LogP contribution in [0.1, 0.15) is 25.5 Å². The number of nitrogens with one attached hydrogen (secondary N) is 2. The van der Waals surface area contributed by atoms with Crippen LogP contribution in [0.4, 0.5) is 4.79 Å². The van der Waals surface area contributed by atoms with Crippen LogP contribution in [-0.4, -0.2) is 35.3 Å². The van der Waals surface area contributed by atoms with Gasteiger partial charge in [-0.15, -0.1) is 0 Å². The molecule has 0 spiro atoms. The smallest absolute Gasteiger partial charge is 0.315 e. The molecule has 0 radical (unpaired) electrons. The lowest BCUT2D eigenvalue weighted by Crippen LogP contribution is -2.46. The van der Waals surface area contributed by atoms with Gasteiger partial charge in [0.1, 0.15) is 0 Å². The van der Waals surface area contributed by atoms with Crippen LogP contribution in [0.25, 0.3) is 0 Å². The van der Waals surface area contributed by atoms with Crippen molar-refractivity contribution < 1.29 is 9.90 Å². The molecule has 0 aromatic heterocycles. The van der Waals surface area contributed by atoms with Gasteiger partial charge in [-0.1, -0.05) is 23.7 Å². The van der Waals surface area contributed by atoms with E-state index in [-0.39, 0.29) is 30.0 Å². The van der Waals surface area contributed by atoms with Gasteiger partial charge in [-0.2, -0.15) is 11.8 Å². The van der Waals surface area contributed by atoms with Crippen LogP contribution in [0.5, 0.6) is 0 Å². The first-order chi connectivity index (χ1) is 9.47. The van der Waals surface area contributed by atoms with Crippen LogP contribution >= 0.6 is 23.4 Å². The van der Waals surface area contributed by atoms with Crippen LogP contribution in [0.2, 0.25) is 5.02 Å². The van der Waals surface area contributed by atoms with Crippen molar-refractivity contribution >= 4 is 29.4 Å². The van der Waals surface area contributed by atoms with E-state index in [1.54, 1.807) is 12.1 Å². The first kappa shape index (κ1) is 17.1. The second-order valence-corrected chi connectivity index (χ2v) is 6.15. The summed E-state index contributed by atoms with van der Waals surface area (Å²) in [4.78, 5) is 11.9. The minimum absolute atomic E-state index is 0.00779. The molecule has 0 heterocycles. The first-order valence-electron chi connectivity index (χ1n) is 6.44. The molecule has 0 saturated heterocycles. The second-order valence-electron chi connectivity index (χ2n) is 4.64. The summed E-state index contributed by atoms with van der Waals surface area (Å²) in [5.74, 6) is 0. The number of carbonyl (C=O) groups is 1. The number of halogens is 1. The van der Waals surface area contributed by atoms with Crippen molar-refractivity contribution in [2.24, 2.45) is 0 Å². The number of amides is 2. The molecule has 0 aliphatic heterocycles. The topological polar surface area (TPSA) is 61.4 Å². The molecule has 112 valence electrons. The van der Waals surface area contributed by atoms with Gasteiger partial charge in [0.25, 0.3) is 0 Å². The van der Waals surface area contributed by atoms with E-state index in [2.05, 4.69) is 10.6 Å². The van der Waals surface area contributed by atoms with Gasteiger partial charge in [0.2, 0.25) is 0 Å². The highest BCUT2D eigenvalue weighted by atomic mass is 35.5. The third-order valence-electron chi connectivity index (χ3n) is 3.12. The molecule has 3 N–H and O–H groups in total. The molecule has 1 rings (SSSR count). The third-order valence-corrected chi connectivity index (χ3v) is 4.53. The lowest BCUT2D eigenvalue weighted by atomic mass is 10.1. The first-order valence-corrected chi connectivity index (χ1v) is 8.10. The molecule has 0 bridgehead atoms. The van der Waals surface area contributed by atoms with Gasteiger partial charge in [-0.05, 0) is 37.8 Å². The highest BCUT2D eigenvalue weighted by Gasteiger charge is 2.18. The van der Waals surface area contributed by atoms with Crippen molar-refractivity contribution in [3.05, 3.63) is 34.9 Å². The normalized spacial score (nSPS) is 15.2. The van der Waals surface area contributed by atoms with E-state index >= 15 is 0 Å². The summed E-state index contributed by atoms with van der Waals surface area (Å²) in [6.45, 7) is 3.82. The Hall–Kier alpha value is -0.910. The van der Waals surface area contributed by atoms with Crippen molar-refractivity contribution in [2.75, 3.05) is 12.9 Å². The average molecular weight is 317 g/mol. The molecule has 0 aliphatic carbocycles. The molecule has 1 aromatic carbocycles. The summed E-state index contributed by atoms with van der Waals surface area (Å²) in [5.41, 5.74) is 0.987. The van der Waals surface area contributed by atoms with Gasteiger partial charge < -0.3 is 15.7 Å². The highest BCUT2D eigenvalue weighted by molar-refractivity contribution is 7.99. The Balaban J connectivity index is 2.51. The van der Waals surface area contributed by atoms with Crippen LogP contribution < -0.4 is 10.6 Å². The predicted molar refractivity (Wildman–Crippen MR) is 85.4 cm³/mol. The van der Waals surface area contributed by atoms with Crippen molar-refractivity contribution in [1.82, 2.24) is 10.6 Å². The number of hydrogen-bond acceptors (Lipinski definition) is 3. The third kappa shape index (κ3) is 5.23. The fourth-order valence-corrected chi connectivity index (χ4v) is 2.56. The van der Waals surface area contributed by atoms with Crippen molar-refractivity contribution in [2.45, 2.75) is 31.2 Å². The molecule has 4 nitrogen and oxygen atoms in total. The van der Waals surface area contributed by atoms with Gasteiger partial charge in [0.15, 0.2) is 0 Å². The van der Waals surface area contributed by atoms with E-state index in [0.29, 0.717) is 5.02 Å². The maximum atomic E-state index is 11.9. The van der Waals surface area contributed by atoms with Crippen molar-refractivity contribution in [3.63, 3.8) is 0 Å². The maximum absolute atomic E-state index is 11.9. The Morgan fingerprint density at radius 1 is 1.30 bits per heavy atom. The average Bonchev–Trinajstić information content (AvgIpc) is 2.40. The van der Waals surface area contributed by atoms with E-state index in [1.807, 2.05) is 32.2 Å². The minimum Gasteiger partial charge on any atom is -0.395 e. The Labute approximate surface area is 129 Å². The van der Waals surface area contributed by atoms with Gasteiger partial charge in [0.05, 0.1) is 12.6 Å². The number of thioether (sulfide) groups is 1. The molecule has 3 unspecified atom stereocenters. The second kappa shape index (κ2) is 8.39. The molecular formula is C14H21ClN2O2S. The lowest BCUT2D eigenvalue weighted by Gasteiger charge is -2.23. The van der Waals surface area contributed by atoms with E-state index in [1.165, 1.54) is 11.8 Å². The van der Waals surface area contributed by atoms with Crippen LogP contribution in [0, 0.1) is 0 Å². The quantitative estimate of drug-likeness (QED) is 0.756. The summed E-state index contributed by atoms with van der Waals surface area (Å²) in [5, 5.41) is 15.6. The fraction of sp³-hybridized carbons (Fsp3) is 0.500. The predicted octanol–water partition coefficient (Wildman–Crippen LogP) is 2.81. The number of rotatable bonds is 6. The number of aliphatic hydroxyl groups excluding tert-OH is 1. The zero-order valence-electron chi connectivity index (χ0n) is 11.9. The zero-order valence-corrected chi connectivity index (χ0v) is 13.5. The van der Waals surface area contributed by atoms with Crippen LogP contribution in [0.15, 0.2) is 24.3 Å². The Morgan fingerprint density at radius 2 is 1.90 bits per heavy atom. The molecule has 0 aliphatic rings. The number of hydrogen-bond donors (Lipinski definition) is 3. The van der Waals surface area contributed by atoms with E-state index in [9.17, 15) is 9.90 Å². The molecule has 0 saturated carbocycles. The monoisotopic (exact) mass is 316 g/mol. The standard InChI is InChI=1S/C14H21ClN2O2S/c1-9(11-4-6-12(15)7-5-11)16-14(19)17-10(2)13(8-18)20-3/h4-7,9-10,13,18H,8H2,1-3H3,(H2,16,17,19). The highest BCUT2D eigenvalue weighted by Crippen LogP contribution is 2.16. The number of benzene rings is 1. The molecule has 2 amide bonds. The maximum Gasteiger partial charge on any atom is 0.315 e. The summed E-state index contributed by atoms with van der Waals surface area (Å²) < 4.78 is 0. The Kier molecular flexibility index (Phi) is 7.19. The SMILES string of the molecule is CSC(CO)C(C)NC(=O)NC(C)c1ccc(Cl)cc1. The Bertz CT molecular complexity index is 424. The van der Waals surface area contributed by atoms with E-state index < -0.39 is 0 Å². The lowest BCUT2D eigenvalue weighted by molar-refractivity contribution is 0.230. The van der Waals surface area contributed by atoms with Crippen LogP contribution in [-0.2, 0) is 0 Å². The largest absolute Gasteiger partial charge is 0.395 e. The van der Waals surface area contributed by atoms with E-state index in [4.69, 9.17) is 11.6 Å². The van der Waals surface area contributed by atoms with Crippen molar-refractivity contribution in [3.8, 4) is 0 Å². The number of urea groups is 1. The molecule has 1 aromatic rings. The van der Waals surface area contributed by atoms with Gasteiger partial charge in [-0.3, -0.25) is 0 Å². The summed E-state index contributed by atoms with van der Waals surface area (Å²) in [6, 6.07) is 6.90. The minimum atomic E-state index is -0.243. The van der Waals surface area contributed by atoms with Crippen LogP contribution in [0.3, 0.4) is 0 Å². The van der Waals surface area contributed by atoms with Gasteiger partial charge in [-0.25, -0.2) is 4.79 Å². The molecule has 6 heteroatoms. The van der Waals surface area contributed by atoms with Crippen molar-refractivity contribution in [1.29, 1.82) is 0 Å². The molecule has 20 heavy (non-hydrogen) atoms. The summed E-state index contributed by atoms with van der Waals surface area (Å²) in [6.07, 6.45) is 1.91. The molecule has 0 fully saturated rings. The fourth-order valence-electron chi connectivity index (χ4n) is 1.81. The van der Waals surface area contributed by atoms with Gasteiger partial charge >= 0.3 is 6.03 Å². The number of aliphatic hydroxyl groups is 1.